The topological polar surface area (TPSA) is 83.8 Å². The predicted molar refractivity (Wildman–Crippen MR) is 73.8 cm³/mol. The van der Waals surface area contributed by atoms with E-state index < -0.39 is 10.8 Å². The van der Waals surface area contributed by atoms with Crippen LogP contribution in [0.1, 0.15) is 10.4 Å². The summed E-state index contributed by atoms with van der Waals surface area (Å²) in [6.07, 6.45) is 0. The number of benzene rings is 1. The van der Waals surface area contributed by atoms with Crippen LogP contribution in [0.25, 0.3) is 0 Å². The first-order valence-corrected chi connectivity index (χ1v) is 6.01. The highest BCUT2D eigenvalue weighted by molar-refractivity contribution is 6.33. The molecule has 0 aliphatic heterocycles. The highest BCUT2D eigenvalue weighted by Crippen LogP contribution is 2.25. The molecule has 0 aliphatic carbocycles. The summed E-state index contributed by atoms with van der Waals surface area (Å²) in [5, 5.41) is 10.5. The maximum atomic E-state index is 12.1. The first-order valence-electron chi connectivity index (χ1n) is 5.63. The fraction of sp³-hybridized carbons (Fsp3) is 0.333. The lowest BCUT2D eigenvalue weighted by atomic mass is 10.2. The molecule has 0 saturated heterocycles. The van der Waals surface area contributed by atoms with E-state index in [2.05, 4.69) is 0 Å². The fourth-order valence-corrected chi connectivity index (χ4v) is 1.67. The van der Waals surface area contributed by atoms with E-state index in [1.807, 2.05) is 0 Å². The van der Waals surface area contributed by atoms with Crippen molar-refractivity contribution in [3.8, 4) is 0 Å². The third kappa shape index (κ3) is 3.67. The first-order chi connectivity index (χ1) is 9.23. The summed E-state index contributed by atoms with van der Waals surface area (Å²) >= 11 is 5.74. The summed E-state index contributed by atoms with van der Waals surface area (Å²) in [6, 6.07) is 3.69. The zero-order valence-corrected chi connectivity index (χ0v) is 12.0. The van der Waals surface area contributed by atoms with Gasteiger partial charge in [-0.2, -0.15) is 0 Å². The van der Waals surface area contributed by atoms with Crippen molar-refractivity contribution in [1.29, 1.82) is 0 Å². The number of nitro groups is 1. The number of hydrogen-bond donors (Lipinski definition) is 0. The Labute approximate surface area is 120 Å². The molecule has 1 aromatic rings. The summed E-state index contributed by atoms with van der Waals surface area (Å²) in [4.78, 5) is 36.2. The van der Waals surface area contributed by atoms with Crippen LogP contribution < -0.4 is 0 Å². The van der Waals surface area contributed by atoms with Crippen molar-refractivity contribution in [2.75, 3.05) is 27.7 Å². The largest absolute Gasteiger partial charge is 0.347 e. The summed E-state index contributed by atoms with van der Waals surface area (Å²) < 4.78 is 0. The van der Waals surface area contributed by atoms with Crippen molar-refractivity contribution >= 4 is 29.1 Å². The molecule has 0 unspecified atom stereocenters. The molecule has 0 aliphatic rings. The molecule has 20 heavy (non-hydrogen) atoms. The molecule has 0 N–H and O–H groups in total. The van der Waals surface area contributed by atoms with Gasteiger partial charge in [-0.15, -0.1) is 0 Å². The van der Waals surface area contributed by atoms with Crippen molar-refractivity contribution < 1.29 is 14.5 Å². The van der Waals surface area contributed by atoms with Gasteiger partial charge in [-0.05, 0) is 12.1 Å². The lowest BCUT2D eigenvalue weighted by Gasteiger charge is -2.19. The molecule has 7 nitrogen and oxygen atoms in total. The zero-order chi connectivity index (χ0) is 15.4. The van der Waals surface area contributed by atoms with E-state index in [1.165, 1.54) is 29.0 Å². The number of carbonyl (C=O) groups excluding carboxylic acids is 2. The molecule has 0 heterocycles. The Bertz CT molecular complexity index is 560. The lowest BCUT2D eigenvalue weighted by Crippen LogP contribution is -2.37. The average molecular weight is 300 g/mol. The molecule has 1 rings (SSSR count). The zero-order valence-electron chi connectivity index (χ0n) is 11.3. The Morgan fingerprint density at radius 3 is 2.35 bits per heavy atom. The van der Waals surface area contributed by atoms with Crippen LogP contribution in [0, 0.1) is 10.1 Å². The summed E-state index contributed by atoms with van der Waals surface area (Å²) in [6.45, 7) is -0.0829. The minimum Gasteiger partial charge on any atom is -0.347 e. The van der Waals surface area contributed by atoms with Crippen molar-refractivity contribution in [2.45, 2.75) is 0 Å². The number of halogens is 1. The molecule has 0 saturated carbocycles. The number of likely N-dealkylation sites (N-methyl/N-ethyl adjacent to an activating group) is 2. The van der Waals surface area contributed by atoms with E-state index in [9.17, 15) is 19.7 Å². The van der Waals surface area contributed by atoms with Gasteiger partial charge in [-0.3, -0.25) is 19.7 Å². The molecule has 108 valence electrons. The molecule has 0 spiro atoms. The van der Waals surface area contributed by atoms with Crippen LogP contribution in [0.5, 0.6) is 0 Å². The van der Waals surface area contributed by atoms with Gasteiger partial charge in [-0.25, -0.2) is 0 Å². The Balaban J connectivity index is 2.90. The van der Waals surface area contributed by atoms with Gasteiger partial charge in [0.1, 0.15) is 5.02 Å². The maximum Gasteiger partial charge on any atom is 0.287 e. The number of hydrogen-bond acceptors (Lipinski definition) is 4. The van der Waals surface area contributed by atoms with Crippen molar-refractivity contribution in [2.24, 2.45) is 0 Å². The van der Waals surface area contributed by atoms with Crippen molar-refractivity contribution in [3.63, 3.8) is 0 Å². The number of amides is 2. The normalized spacial score (nSPS) is 10.0. The molecule has 0 aromatic heterocycles. The summed E-state index contributed by atoms with van der Waals surface area (Å²) in [5.74, 6) is -0.661. The Morgan fingerprint density at radius 1 is 1.30 bits per heavy atom. The van der Waals surface area contributed by atoms with Crippen LogP contribution in [0.4, 0.5) is 5.69 Å². The molecular formula is C12H14ClN3O4. The highest BCUT2D eigenvalue weighted by atomic mass is 35.5. The van der Waals surface area contributed by atoms with Crippen LogP contribution in [-0.2, 0) is 4.79 Å². The number of nitro benzene ring substituents is 1. The molecule has 8 heteroatoms. The quantitative estimate of drug-likeness (QED) is 0.621. The Hall–Kier alpha value is -2.15. The van der Waals surface area contributed by atoms with E-state index in [4.69, 9.17) is 11.6 Å². The second-order valence-corrected chi connectivity index (χ2v) is 4.78. The van der Waals surface area contributed by atoms with Gasteiger partial charge < -0.3 is 9.80 Å². The van der Waals surface area contributed by atoms with Gasteiger partial charge in [0.05, 0.1) is 11.5 Å². The summed E-state index contributed by atoms with van der Waals surface area (Å²) in [5.41, 5.74) is -0.0788. The molecule has 0 radical (unpaired) electrons. The van der Waals surface area contributed by atoms with E-state index in [1.54, 1.807) is 14.1 Å². The Morgan fingerprint density at radius 2 is 1.90 bits per heavy atom. The van der Waals surface area contributed by atoms with E-state index in [0.717, 1.165) is 6.07 Å². The van der Waals surface area contributed by atoms with Gasteiger partial charge >= 0.3 is 0 Å². The van der Waals surface area contributed by atoms with Gasteiger partial charge in [0.25, 0.3) is 11.6 Å². The van der Waals surface area contributed by atoms with E-state index in [-0.39, 0.29) is 28.7 Å². The Kier molecular flexibility index (Phi) is 5.04. The van der Waals surface area contributed by atoms with Crippen LogP contribution >= 0.6 is 11.6 Å². The van der Waals surface area contributed by atoms with Crippen LogP contribution in [0.2, 0.25) is 5.02 Å². The second kappa shape index (κ2) is 6.33. The fourth-order valence-electron chi connectivity index (χ4n) is 1.42. The van der Waals surface area contributed by atoms with Gasteiger partial charge in [-0.1, -0.05) is 11.6 Å². The average Bonchev–Trinajstić information content (AvgIpc) is 2.36. The number of nitrogens with zero attached hydrogens (tertiary/aromatic N) is 3. The standard InChI is InChI=1S/C12H14ClN3O4/c1-14(2)11(17)7-15(3)12(18)8-4-5-10(16(19)20)9(13)6-8/h4-6H,7H2,1-3H3. The minimum absolute atomic E-state index is 0.0829. The summed E-state index contributed by atoms with van der Waals surface area (Å²) in [7, 11) is 4.64. The predicted octanol–water partition coefficient (Wildman–Crippen LogP) is 1.41. The number of rotatable bonds is 4. The second-order valence-electron chi connectivity index (χ2n) is 4.37. The molecule has 1 aromatic carbocycles. The smallest absolute Gasteiger partial charge is 0.287 e. The minimum atomic E-state index is -0.629. The van der Waals surface area contributed by atoms with Crippen LogP contribution in [0.15, 0.2) is 18.2 Å². The van der Waals surface area contributed by atoms with Gasteiger partial charge in [0.15, 0.2) is 0 Å². The highest BCUT2D eigenvalue weighted by Gasteiger charge is 2.19. The SMILES string of the molecule is CN(C)C(=O)CN(C)C(=O)c1ccc([N+](=O)[O-])c(Cl)c1. The monoisotopic (exact) mass is 299 g/mol. The van der Waals surface area contributed by atoms with Crippen LogP contribution in [0.3, 0.4) is 0 Å². The third-order valence-electron chi connectivity index (χ3n) is 2.61. The van der Waals surface area contributed by atoms with E-state index in [0.29, 0.717) is 0 Å². The van der Waals surface area contributed by atoms with Gasteiger partial charge in [0, 0.05) is 32.8 Å². The van der Waals surface area contributed by atoms with Crippen LogP contribution in [-0.4, -0.2) is 54.2 Å². The van der Waals surface area contributed by atoms with E-state index >= 15 is 0 Å². The maximum absolute atomic E-state index is 12.1. The van der Waals surface area contributed by atoms with Crippen molar-refractivity contribution in [1.82, 2.24) is 9.80 Å². The van der Waals surface area contributed by atoms with Gasteiger partial charge in [0.2, 0.25) is 5.91 Å². The first kappa shape index (κ1) is 15.9. The molecule has 0 atom stereocenters. The molecular weight excluding hydrogens is 286 g/mol. The number of carbonyl (C=O) groups is 2. The molecule has 2 amide bonds. The molecule has 0 bridgehead atoms. The third-order valence-corrected chi connectivity index (χ3v) is 2.91. The lowest BCUT2D eigenvalue weighted by molar-refractivity contribution is -0.384. The molecule has 0 fully saturated rings. The van der Waals surface area contributed by atoms with Crippen molar-refractivity contribution in [3.05, 3.63) is 38.9 Å².